The van der Waals surface area contributed by atoms with Gasteiger partial charge in [-0.05, 0) is 55.7 Å². The Bertz CT molecular complexity index is 716. The summed E-state index contributed by atoms with van der Waals surface area (Å²) in [6, 6.07) is 33.1. The first-order chi connectivity index (χ1) is 13.4. The molecule has 3 aromatic rings. The topological polar surface area (TPSA) is 0 Å². The van der Waals surface area contributed by atoms with Crippen molar-refractivity contribution in [3.63, 3.8) is 0 Å². The molecule has 0 fully saturated rings. The molecule has 0 atom stereocenters. The van der Waals surface area contributed by atoms with E-state index in [2.05, 4.69) is 103 Å². The zero-order chi connectivity index (χ0) is 18.8. The molecular weight excluding hydrogens is 367 g/mol. The van der Waals surface area contributed by atoms with Crippen LogP contribution in [-0.4, -0.2) is 12.0 Å². The van der Waals surface area contributed by atoms with Crippen LogP contribution in [0.25, 0.3) is 0 Å². The zero-order valence-electron chi connectivity index (χ0n) is 15.7. The molecule has 0 unspecified atom stereocenters. The van der Waals surface area contributed by atoms with Crippen molar-refractivity contribution in [2.24, 2.45) is 0 Å². The highest BCUT2D eigenvalue weighted by Gasteiger charge is 2.43. The lowest BCUT2D eigenvalue weighted by atomic mass is 10.2. The number of allylic oxidation sites excluding steroid dienone is 2. The quantitative estimate of drug-likeness (QED) is 0.182. The second kappa shape index (κ2) is 10.5. The summed E-state index contributed by atoms with van der Waals surface area (Å²) >= 11 is 5.81. The van der Waals surface area contributed by atoms with E-state index in [1.54, 1.807) is 0 Å². The van der Waals surface area contributed by atoms with Gasteiger partial charge >= 0.3 is 0 Å². The van der Waals surface area contributed by atoms with Crippen molar-refractivity contribution in [3.8, 4) is 0 Å². The van der Waals surface area contributed by atoms with E-state index in [0.717, 1.165) is 31.3 Å². The summed E-state index contributed by atoms with van der Waals surface area (Å²) in [7, 11) is -1.72. The zero-order valence-corrected chi connectivity index (χ0v) is 17.3. The number of hydrogen-bond donors (Lipinski definition) is 0. The first-order valence-electron chi connectivity index (χ1n) is 9.64. The van der Waals surface area contributed by atoms with Gasteiger partial charge in [0.05, 0.1) is 6.16 Å². The van der Waals surface area contributed by atoms with E-state index in [1.807, 2.05) is 0 Å². The van der Waals surface area contributed by atoms with Gasteiger partial charge in [-0.2, -0.15) is 0 Å². The van der Waals surface area contributed by atoms with Gasteiger partial charge in [0.1, 0.15) is 23.2 Å². The van der Waals surface area contributed by atoms with Crippen molar-refractivity contribution in [2.45, 2.75) is 19.3 Å². The molecule has 0 aliphatic rings. The maximum Gasteiger partial charge on any atom is 0.115 e. The minimum atomic E-state index is -1.72. The van der Waals surface area contributed by atoms with Crippen LogP contribution in [0.3, 0.4) is 0 Å². The fourth-order valence-corrected chi connectivity index (χ4v) is 7.74. The van der Waals surface area contributed by atoms with Gasteiger partial charge in [-0.15, -0.1) is 11.6 Å². The van der Waals surface area contributed by atoms with E-state index in [4.69, 9.17) is 11.6 Å². The van der Waals surface area contributed by atoms with Crippen LogP contribution < -0.4 is 15.9 Å². The molecule has 0 aliphatic carbocycles. The van der Waals surface area contributed by atoms with Crippen molar-refractivity contribution < 1.29 is 0 Å². The number of unbranched alkanes of at least 4 members (excludes halogenated alkanes) is 2. The molecule has 0 radical (unpaired) electrons. The van der Waals surface area contributed by atoms with E-state index >= 15 is 0 Å². The van der Waals surface area contributed by atoms with Gasteiger partial charge in [0.25, 0.3) is 0 Å². The Labute approximate surface area is 169 Å². The number of benzene rings is 3. The van der Waals surface area contributed by atoms with Crippen LogP contribution in [0.4, 0.5) is 0 Å². The molecule has 0 aromatic heterocycles. The van der Waals surface area contributed by atoms with Crippen LogP contribution in [0.1, 0.15) is 19.3 Å². The fourth-order valence-electron chi connectivity index (χ4n) is 3.52. The molecule has 3 rings (SSSR count). The van der Waals surface area contributed by atoms with Gasteiger partial charge in [0, 0.05) is 5.88 Å². The Morgan fingerprint density at radius 1 is 0.593 bits per heavy atom. The van der Waals surface area contributed by atoms with Crippen molar-refractivity contribution >= 4 is 34.8 Å². The second-order valence-corrected chi connectivity index (χ2v) is 10.6. The van der Waals surface area contributed by atoms with Crippen molar-refractivity contribution in [1.82, 2.24) is 0 Å². The van der Waals surface area contributed by atoms with Crippen LogP contribution in [-0.2, 0) is 0 Å². The highest BCUT2D eigenvalue weighted by atomic mass is 35.5. The molecule has 0 amide bonds. The SMILES string of the molecule is ClCCCCC=CC[P+](c1ccccc1)(c1ccccc1)c1ccccc1. The van der Waals surface area contributed by atoms with E-state index in [-0.39, 0.29) is 0 Å². The normalized spacial score (nSPS) is 11.7. The fraction of sp³-hybridized carbons (Fsp3) is 0.200. The number of rotatable bonds is 9. The lowest BCUT2D eigenvalue weighted by Gasteiger charge is -2.26. The summed E-state index contributed by atoms with van der Waals surface area (Å²) in [5, 5.41) is 4.31. The minimum absolute atomic E-state index is 0.753. The first-order valence-corrected chi connectivity index (χ1v) is 12.1. The van der Waals surface area contributed by atoms with E-state index in [1.165, 1.54) is 15.9 Å². The Balaban J connectivity index is 2.06. The molecule has 0 saturated carbocycles. The molecule has 0 spiro atoms. The molecule has 0 bridgehead atoms. The number of alkyl halides is 1. The summed E-state index contributed by atoms with van der Waals surface area (Å²) in [5.74, 6) is 0.753. The molecule has 2 heteroatoms. The van der Waals surface area contributed by atoms with Gasteiger partial charge in [0.15, 0.2) is 0 Å². The van der Waals surface area contributed by atoms with E-state index in [9.17, 15) is 0 Å². The third kappa shape index (κ3) is 4.89. The Kier molecular flexibility index (Phi) is 7.69. The maximum absolute atomic E-state index is 5.81. The summed E-state index contributed by atoms with van der Waals surface area (Å²) in [6.45, 7) is 0. The number of hydrogen-bond acceptors (Lipinski definition) is 0. The average Bonchev–Trinajstić information content (AvgIpc) is 2.75. The summed E-state index contributed by atoms with van der Waals surface area (Å²) < 4.78 is 0. The van der Waals surface area contributed by atoms with Gasteiger partial charge in [-0.1, -0.05) is 66.7 Å². The largest absolute Gasteiger partial charge is 0.127 e. The van der Waals surface area contributed by atoms with Crippen LogP contribution in [0, 0.1) is 0 Å². The van der Waals surface area contributed by atoms with Crippen molar-refractivity contribution in [1.29, 1.82) is 0 Å². The summed E-state index contributed by atoms with van der Waals surface area (Å²) in [5.41, 5.74) is 0. The summed E-state index contributed by atoms with van der Waals surface area (Å²) in [6.07, 6.45) is 9.14. The molecule has 0 nitrogen and oxygen atoms in total. The molecule has 0 saturated heterocycles. The standard InChI is InChI=1S/C25H27ClP/c26-21-13-2-1-3-14-22-27(23-15-7-4-8-16-23,24-17-9-5-10-18-24)25-19-11-6-12-20-25/h3-12,14-20H,1-2,13,21-22H2/q+1. The lowest BCUT2D eigenvalue weighted by Crippen LogP contribution is -2.32. The lowest BCUT2D eigenvalue weighted by molar-refractivity contribution is 0.819. The van der Waals surface area contributed by atoms with Crippen LogP contribution >= 0.6 is 18.9 Å². The molecule has 27 heavy (non-hydrogen) atoms. The van der Waals surface area contributed by atoms with Crippen LogP contribution in [0.5, 0.6) is 0 Å². The molecule has 138 valence electrons. The minimum Gasteiger partial charge on any atom is -0.127 e. The van der Waals surface area contributed by atoms with Gasteiger partial charge in [-0.25, -0.2) is 0 Å². The predicted molar refractivity (Wildman–Crippen MR) is 124 cm³/mol. The maximum atomic E-state index is 5.81. The second-order valence-electron chi connectivity index (χ2n) is 6.66. The predicted octanol–water partition coefficient (Wildman–Crippen LogP) is 5.95. The third-order valence-corrected chi connectivity index (χ3v) is 9.46. The Morgan fingerprint density at radius 2 is 1.04 bits per heavy atom. The third-order valence-electron chi connectivity index (χ3n) is 4.89. The van der Waals surface area contributed by atoms with Gasteiger partial charge in [0.2, 0.25) is 0 Å². The Hall–Kier alpha value is -1.88. The van der Waals surface area contributed by atoms with Gasteiger partial charge in [-0.3, -0.25) is 0 Å². The first kappa shape index (κ1) is 19.9. The smallest absolute Gasteiger partial charge is 0.115 e. The molecule has 0 heterocycles. The highest BCUT2D eigenvalue weighted by Crippen LogP contribution is 2.55. The van der Waals surface area contributed by atoms with Crippen molar-refractivity contribution in [3.05, 3.63) is 103 Å². The molecule has 3 aromatic carbocycles. The Morgan fingerprint density at radius 3 is 1.44 bits per heavy atom. The number of halogens is 1. The van der Waals surface area contributed by atoms with Crippen molar-refractivity contribution in [2.75, 3.05) is 12.0 Å². The van der Waals surface area contributed by atoms with Gasteiger partial charge < -0.3 is 0 Å². The van der Waals surface area contributed by atoms with Crippen LogP contribution in [0.15, 0.2) is 103 Å². The molecule has 0 N–H and O–H groups in total. The van der Waals surface area contributed by atoms with E-state index < -0.39 is 7.26 Å². The molecule has 0 aliphatic heterocycles. The molecular formula is C25H27ClP+. The van der Waals surface area contributed by atoms with Crippen LogP contribution in [0.2, 0.25) is 0 Å². The monoisotopic (exact) mass is 393 g/mol. The highest BCUT2D eigenvalue weighted by molar-refractivity contribution is 7.95. The summed E-state index contributed by atoms with van der Waals surface area (Å²) in [4.78, 5) is 0. The van der Waals surface area contributed by atoms with E-state index in [0.29, 0.717) is 0 Å². The average molecular weight is 394 g/mol.